The third-order valence-electron chi connectivity index (χ3n) is 8.25. The van der Waals surface area contributed by atoms with Crippen molar-refractivity contribution in [3.8, 4) is 5.75 Å². The lowest BCUT2D eigenvalue weighted by atomic mass is 9.79. The number of carboxylic acid groups (broad SMARTS) is 1. The second-order valence-electron chi connectivity index (χ2n) is 10.8. The van der Waals surface area contributed by atoms with E-state index >= 15 is 0 Å². The topological polar surface area (TPSA) is 65.9 Å². The van der Waals surface area contributed by atoms with E-state index in [1.54, 1.807) is 7.11 Å². The Kier molecular flexibility index (Phi) is 9.91. The first-order valence-electron chi connectivity index (χ1n) is 13.6. The van der Waals surface area contributed by atoms with E-state index in [0.29, 0.717) is 5.92 Å². The average Bonchev–Trinajstić information content (AvgIpc) is 3.38. The SMILES string of the molecule is COc1ccc2nccc(C(CC[C@@H]3CCN(CCSC4CCCC4)C[C@@H]3CC(=O)O)N(C)C)c2c1. The number of hydrogen-bond donors (Lipinski definition) is 1. The molecule has 2 heterocycles. The van der Waals surface area contributed by atoms with Crippen molar-refractivity contribution in [2.75, 3.05) is 46.6 Å². The molecule has 1 aromatic carbocycles. The predicted octanol–water partition coefficient (Wildman–Crippen LogP) is 5.71. The maximum atomic E-state index is 11.7. The summed E-state index contributed by atoms with van der Waals surface area (Å²) in [6, 6.07) is 8.44. The average molecular weight is 514 g/mol. The summed E-state index contributed by atoms with van der Waals surface area (Å²) in [5, 5.41) is 11.6. The monoisotopic (exact) mass is 513 g/mol. The number of likely N-dealkylation sites (tertiary alicyclic amines) is 1. The molecule has 0 radical (unpaired) electrons. The zero-order valence-corrected chi connectivity index (χ0v) is 23.0. The van der Waals surface area contributed by atoms with Crippen LogP contribution in [0.5, 0.6) is 5.75 Å². The molecule has 7 heteroatoms. The maximum absolute atomic E-state index is 11.7. The van der Waals surface area contributed by atoms with E-state index in [4.69, 9.17) is 4.74 Å². The van der Waals surface area contributed by atoms with Crippen LogP contribution in [-0.2, 0) is 4.79 Å². The molecule has 1 saturated carbocycles. The van der Waals surface area contributed by atoms with E-state index in [1.807, 2.05) is 18.3 Å². The minimum atomic E-state index is -0.663. The van der Waals surface area contributed by atoms with Gasteiger partial charge in [0.1, 0.15) is 5.75 Å². The van der Waals surface area contributed by atoms with Gasteiger partial charge in [0.2, 0.25) is 0 Å². The van der Waals surface area contributed by atoms with Crippen LogP contribution in [0.2, 0.25) is 0 Å². The van der Waals surface area contributed by atoms with Crippen LogP contribution in [-0.4, -0.2) is 77.7 Å². The molecule has 198 valence electrons. The molecule has 2 fully saturated rings. The normalized spacial score (nSPS) is 22.3. The minimum Gasteiger partial charge on any atom is -0.497 e. The number of benzene rings is 1. The highest BCUT2D eigenvalue weighted by atomic mass is 32.2. The molecule has 0 amide bonds. The van der Waals surface area contributed by atoms with Gasteiger partial charge in [-0.05, 0) is 94.4 Å². The van der Waals surface area contributed by atoms with E-state index < -0.39 is 5.97 Å². The number of aromatic nitrogens is 1. The van der Waals surface area contributed by atoms with Crippen molar-refractivity contribution in [3.05, 3.63) is 36.0 Å². The molecule has 4 rings (SSSR count). The summed E-state index contributed by atoms with van der Waals surface area (Å²) in [5.41, 5.74) is 2.24. The first kappa shape index (κ1) is 27.2. The summed E-state index contributed by atoms with van der Waals surface area (Å²) in [6.07, 6.45) is 10.8. The quantitative estimate of drug-likeness (QED) is 0.390. The zero-order valence-electron chi connectivity index (χ0n) is 22.2. The van der Waals surface area contributed by atoms with Gasteiger partial charge < -0.3 is 19.6 Å². The Morgan fingerprint density at radius 3 is 2.75 bits per heavy atom. The van der Waals surface area contributed by atoms with E-state index in [0.717, 1.165) is 60.8 Å². The van der Waals surface area contributed by atoms with Crippen LogP contribution in [0.25, 0.3) is 10.9 Å². The molecule has 36 heavy (non-hydrogen) atoms. The first-order valence-corrected chi connectivity index (χ1v) is 14.6. The first-order chi connectivity index (χ1) is 17.4. The Morgan fingerprint density at radius 2 is 2.03 bits per heavy atom. The molecule has 2 aliphatic rings. The number of thioether (sulfide) groups is 1. The third kappa shape index (κ3) is 7.14. The number of carboxylic acids is 1. The van der Waals surface area contributed by atoms with Crippen LogP contribution >= 0.6 is 11.8 Å². The second-order valence-corrected chi connectivity index (χ2v) is 12.2. The van der Waals surface area contributed by atoms with Crippen molar-refractivity contribution in [1.29, 1.82) is 0 Å². The zero-order chi connectivity index (χ0) is 25.5. The second kappa shape index (κ2) is 13.1. The Bertz CT molecular complexity index is 995. The highest BCUT2D eigenvalue weighted by molar-refractivity contribution is 7.99. The Balaban J connectivity index is 1.40. The smallest absolute Gasteiger partial charge is 0.303 e. The highest BCUT2D eigenvalue weighted by Crippen LogP contribution is 2.37. The van der Waals surface area contributed by atoms with Gasteiger partial charge in [0, 0.05) is 48.1 Å². The van der Waals surface area contributed by atoms with Crippen LogP contribution in [0, 0.1) is 11.8 Å². The predicted molar refractivity (Wildman–Crippen MR) is 149 cm³/mol. The molecule has 2 aromatic rings. The lowest BCUT2D eigenvalue weighted by Gasteiger charge is -2.39. The molecule has 1 saturated heterocycles. The van der Waals surface area contributed by atoms with E-state index in [-0.39, 0.29) is 18.4 Å². The van der Waals surface area contributed by atoms with Crippen molar-refractivity contribution < 1.29 is 14.6 Å². The fraction of sp³-hybridized carbons (Fsp3) is 0.655. The van der Waals surface area contributed by atoms with Gasteiger partial charge in [0.25, 0.3) is 0 Å². The number of hydrogen-bond acceptors (Lipinski definition) is 6. The maximum Gasteiger partial charge on any atom is 0.303 e. The number of pyridine rings is 1. The Morgan fingerprint density at radius 1 is 1.22 bits per heavy atom. The fourth-order valence-electron chi connectivity index (χ4n) is 6.23. The van der Waals surface area contributed by atoms with Crippen LogP contribution in [0.15, 0.2) is 30.5 Å². The van der Waals surface area contributed by atoms with Crippen molar-refractivity contribution in [2.45, 2.75) is 62.7 Å². The Labute approximate surface area is 220 Å². The van der Waals surface area contributed by atoms with E-state index in [9.17, 15) is 9.90 Å². The summed E-state index contributed by atoms with van der Waals surface area (Å²) in [6.45, 7) is 3.10. The highest BCUT2D eigenvalue weighted by Gasteiger charge is 2.32. The molecule has 0 bridgehead atoms. The molecule has 1 aliphatic heterocycles. The summed E-state index contributed by atoms with van der Waals surface area (Å²) in [7, 11) is 5.97. The number of nitrogens with zero attached hydrogens (tertiary/aromatic N) is 3. The van der Waals surface area contributed by atoms with Gasteiger partial charge in [-0.25, -0.2) is 0 Å². The van der Waals surface area contributed by atoms with Crippen LogP contribution in [0.1, 0.15) is 63.0 Å². The summed E-state index contributed by atoms with van der Waals surface area (Å²) in [4.78, 5) is 21.1. The number of ether oxygens (including phenoxy) is 1. The number of fused-ring (bicyclic) bond motifs is 1. The molecule has 1 N–H and O–H groups in total. The van der Waals surface area contributed by atoms with Gasteiger partial charge in [-0.15, -0.1) is 0 Å². The lowest BCUT2D eigenvalue weighted by Crippen LogP contribution is -2.42. The van der Waals surface area contributed by atoms with Gasteiger partial charge in [0.05, 0.1) is 12.6 Å². The fourth-order valence-corrected chi connectivity index (χ4v) is 7.59. The van der Waals surface area contributed by atoms with E-state index in [1.165, 1.54) is 37.0 Å². The van der Waals surface area contributed by atoms with Crippen molar-refractivity contribution in [1.82, 2.24) is 14.8 Å². The van der Waals surface area contributed by atoms with Gasteiger partial charge in [-0.2, -0.15) is 11.8 Å². The molecular weight excluding hydrogens is 470 g/mol. The molecule has 1 aromatic heterocycles. The lowest BCUT2D eigenvalue weighted by molar-refractivity contribution is -0.139. The number of carbonyl (C=O) groups is 1. The van der Waals surface area contributed by atoms with Crippen molar-refractivity contribution in [3.63, 3.8) is 0 Å². The number of piperidine rings is 1. The molecule has 1 aliphatic carbocycles. The third-order valence-corrected chi connectivity index (χ3v) is 9.61. The van der Waals surface area contributed by atoms with Gasteiger partial charge in [-0.1, -0.05) is 12.8 Å². The van der Waals surface area contributed by atoms with Crippen LogP contribution < -0.4 is 4.74 Å². The van der Waals surface area contributed by atoms with Crippen LogP contribution in [0.3, 0.4) is 0 Å². The standard InChI is InChI=1S/C29H43N3O3S/c1-31(2)28(25-12-14-30-27-10-9-23(35-3)19-26(25)27)11-8-21-13-15-32(20-22(21)18-29(33)34)16-17-36-24-6-4-5-7-24/h9-10,12,14,19,21-22,24,28H,4-8,11,13,15-18,20H2,1-3H3,(H,33,34)/t21-,22+,28?/m1/s1. The molecular formula is C29H43N3O3S. The van der Waals surface area contributed by atoms with Gasteiger partial charge >= 0.3 is 5.97 Å². The van der Waals surface area contributed by atoms with Crippen molar-refractivity contribution >= 4 is 28.6 Å². The Hall–Kier alpha value is -1.83. The summed E-state index contributed by atoms with van der Waals surface area (Å²) < 4.78 is 5.49. The van der Waals surface area contributed by atoms with Crippen molar-refractivity contribution in [2.24, 2.45) is 11.8 Å². The van der Waals surface area contributed by atoms with Gasteiger partial charge in [-0.3, -0.25) is 9.78 Å². The van der Waals surface area contributed by atoms with E-state index in [2.05, 4.69) is 52.8 Å². The molecule has 0 spiro atoms. The minimum absolute atomic E-state index is 0.227. The number of rotatable bonds is 12. The molecule has 3 atom stereocenters. The van der Waals surface area contributed by atoms with Gasteiger partial charge in [0.15, 0.2) is 0 Å². The number of aliphatic carboxylic acids is 1. The molecule has 6 nitrogen and oxygen atoms in total. The number of methoxy groups -OCH3 is 1. The summed E-state index contributed by atoms with van der Waals surface area (Å²) in [5.74, 6) is 2.03. The molecule has 1 unspecified atom stereocenters. The van der Waals surface area contributed by atoms with Crippen LogP contribution in [0.4, 0.5) is 0 Å². The summed E-state index contributed by atoms with van der Waals surface area (Å²) >= 11 is 2.13. The largest absolute Gasteiger partial charge is 0.497 e.